The van der Waals surface area contributed by atoms with Crippen LogP contribution in [0.25, 0.3) is 10.1 Å². The first-order valence-electron chi connectivity index (χ1n) is 9.78. The number of carbonyl (C=O) groups is 3. The van der Waals surface area contributed by atoms with Crippen LogP contribution >= 0.6 is 38.9 Å². The molecule has 3 amide bonds. The lowest BCUT2D eigenvalue weighted by molar-refractivity contribution is 0.0849. The lowest BCUT2D eigenvalue weighted by atomic mass is 10.1. The third-order valence-electron chi connectivity index (χ3n) is 4.81. The summed E-state index contributed by atoms with van der Waals surface area (Å²) in [6, 6.07) is 19.1. The number of benzene rings is 3. The number of rotatable bonds is 4. The molecule has 1 aromatic heterocycles. The Morgan fingerprint density at radius 3 is 2.12 bits per heavy atom. The summed E-state index contributed by atoms with van der Waals surface area (Å²) in [5.41, 5.74) is 7.24. The van der Waals surface area contributed by atoms with E-state index in [1.807, 2.05) is 37.3 Å². The van der Waals surface area contributed by atoms with Crippen molar-refractivity contribution in [3.05, 3.63) is 97.8 Å². The highest BCUT2D eigenvalue weighted by Crippen LogP contribution is 2.36. The lowest BCUT2D eigenvalue weighted by Crippen LogP contribution is -2.41. The fourth-order valence-corrected chi connectivity index (χ4v) is 5.00. The molecule has 0 bridgehead atoms. The van der Waals surface area contributed by atoms with Crippen LogP contribution in [0.4, 0.5) is 5.69 Å². The Hall–Kier alpha value is -3.20. The van der Waals surface area contributed by atoms with E-state index in [2.05, 4.69) is 32.1 Å². The highest BCUT2D eigenvalue weighted by molar-refractivity contribution is 9.10. The SMILES string of the molecule is Cc1ccc(C(=O)Nc2ccc(C(=O)NNC(=O)c3sc4cc(Br)ccc4c3Cl)cc2)cc1. The van der Waals surface area contributed by atoms with E-state index >= 15 is 0 Å². The van der Waals surface area contributed by atoms with Crippen molar-refractivity contribution in [1.29, 1.82) is 0 Å². The molecule has 0 fully saturated rings. The van der Waals surface area contributed by atoms with Gasteiger partial charge in [0.15, 0.2) is 0 Å². The van der Waals surface area contributed by atoms with E-state index < -0.39 is 11.8 Å². The smallest absolute Gasteiger partial charge is 0.281 e. The molecule has 0 atom stereocenters. The summed E-state index contributed by atoms with van der Waals surface area (Å²) in [7, 11) is 0. The van der Waals surface area contributed by atoms with Crippen LogP contribution in [-0.4, -0.2) is 17.7 Å². The van der Waals surface area contributed by atoms with E-state index in [0.29, 0.717) is 26.7 Å². The molecule has 3 aromatic carbocycles. The first-order valence-corrected chi connectivity index (χ1v) is 11.8. The maximum atomic E-state index is 12.5. The van der Waals surface area contributed by atoms with Crippen LogP contribution in [0, 0.1) is 6.92 Å². The first-order chi connectivity index (χ1) is 15.8. The molecule has 4 aromatic rings. The van der Waals surface area contributed by atoms with E-state index in [1.165, 1.54) is 11.3 Å². The third kappa shape index (κ3) is 5.24. The molecule has 0 aliphatic carbocycles. The van der Waals surface area contributed by atoms with Crippen molar-refractivity contribution in [3.8, 4) is 0 Å². The Morgan fingerprint density at radius 1 is 0.818 bits per heavy atom. The van der Waals surface area contributed by atoms with Crippen molar-refractivity contribution in [2.75, 3.05) is 5.32 Å². The maximum Gasteiger partial charge on any atom is 0.281 e. The Labute approximate surface area is 207 Å². The standard InChI is InChI=1S/C24H17BrClN3O3S/c1-13-2-4-14(5-3-13)22(30)27-17-9-6-15(7-10-17)23(31)28-29-24(32)21-20(26)18-11-8-16(25)12-19(18)33-21/h2-12H,1H3,(H,27,30)(H,28,31)(H,29,32). The summed E-state index contributed by atoms with van der Waals surface area (Å²) < 4.78 is 1.74. The average Bonchev–Trinajstić information content (AvgIpc) is 3.13. The van der Waals surface area contributed by atoms with Gasteiger partial charge in [-0.25, -0.2) is 0 Å². The molecule has 4 rings (SSSR count). The van der Waals surface area contributed by atoms with E-state index in [0.717, 1.165) is 20.1 Å². The molecule has 9 heteroatoms. The molecule has 0 saturated carbocycles. The minimum absolute atomic E-state index is 0.244. The number of nitrogens with one attached hydrogen (secondary N) is 3. The predicted molar refractivity (Wildman–Crippen MR) is 135 cm³/mol. The zero-order valence-corrected chi connectivity index (χ0v) is 20.4. The molecule has 6 nitrogen and oxygen atoms in total. The maximum absolute atomic E-state index is 12.5. The summed E-state index contributed by atoms with van der Waals surface area (Å²) in [6.45, 7) is 1.95. The van der Waals surface area contributed by atoms with Crippen LogP contribution in [0.15, 0.2) is 71.2 Å². The summed E-state index contributed by atoms with van der Waals surface area (Å²) in [6.07, 6.45) is 0. The van der Waals surface area contributed by atoms with Crippen molar-refractivity contribution < 1.29 is 14.4 Å². The topological polar surface area (TPSA) is 87.3 Å². The normalized spacial score (nSPS) is 10.6. The molecular formula is C24H17BrClN3O3S. The molecule has 0 unspecified atom stereocenters. The fraction of sp³-hybridized carbons (Fsp3) is 0.0417. The fourth-order valence-electron chi connectivity index (χ4n) is 3.04. The number of anilines is 1. The highest BCUT2D eigenvalue weighted by atomic mass is 79.9. The third-order valence-corrected chi connectivity index (χ3v) is 6.96. The average molecular weight is 543 g/mol. The van der Waals surface area contributed by atoms with Crippen molar-refractivity contribution in [2.45, 2.75) is 6.92 Å². The molecule has 0 radical (unpaired) electrons. The molecular weight excluding hydrogens is 526 g/mol. The van der Waals surface area contributed by atoms with Crippen LogP contribution in [0.2, 0.25) is 5.02 Å². The van der Waals surface area contributed by atoms with Crippen LogP contribution in [0.5, 0.6) is 0 Å². The van der Waals surface area contributed by atoms with Gasteiger partial charge in [0.05, 0.1) is 5.02 Å². The van der Waals surface area contributed by atoms with Crippen LogP contribution in [-0.2, 0) is 0 Å². The second kappa shape index (κ2) is 9.74. The van der Waals surface area contributed by atoms with Gasteiger partial charge < -0.3 is 5.32 Å². The Balaban J connectivity index is 1.37. The van der Waals surface area contributed by atoms with E-state index in [1.54, 1.807) is 36.4 Å². The van der Waals surface area contributed by atoms with Gasteiger partial charge >= 0.3 is 0 Å². The van der Waals surface area contributed by atoms with Gasteiger partial charge in [-0.15, -0.1) is 11.3 Å². The van der Waals surface area contributed by atoms with Gasteiger partial charge in [0.1, 0.15) is 4.88 Å². The first kappa shape index (κ1) is 23.0. The summed E-state index contributed by atoms with van der Waals surface area (Å²) >= 11 is 11.0. The van der Waals surface area contributed by atoms with Crippen LogP contribution in [0.3, 0.4) is 0 Å². The summed E-state index contributed by atoms with van der Waals surface area (Å²) in [4.78, 5) is 37.6. The van der Waals surface area contributed by atoms with Crippen LogP contribution < -0.4 is 16.2 Å². The Morgan fingerprint density at radius 2 is 1.42 bits per heavy atom. The van der Waals surface area contributed by atoms with Gasteiger partial charge in [0.2, 0.25) is 0 Å². The second-order valence-electron chi connectivity index (χ2n) is 7.19. The molecule has 166 valence electrons. The van der Waals surface area contributed by atoms with Gasteiger partial charge in [0, 0.05) is 31.4 Å². The number of amides is 3. The van der Waals surface area contributed by atoms with Gasteiger partial charge in [-0.2, -0.15) is 0 Å². The quantitative estimate of drug-likeness (QED) is 0.278. The molecule has 0 saturated heterocycles. The van der Waals surface area contributed by atoms with Crippen LogP contribution in [0.1, 0.15) is 36.0 Å². The number of carbonyl (C=O) groups excluding carboxylic acids is 3. The Kier molecular flexibility index (Phi) is 6.78. The van der Waals surface area contributed by atoms with Crippen molar-refractivity contribution in [1.82, 2.24) is 10.9 Å². The predicted octanol–water partition coefficient (Wildman–Crippen LogP) is 5.95. The Bertz CT molecular complexity index is 1370. The van der Waals surface area contributed by atoms with Gasteiger partial charge in [-0.3, -0.25) is 25.2 Å². The van der Waals surface area contributed by atoms with E-state index in [-0.39, 0.29) is 5.91 Å². The number of aryl methyl sites for hydroxylation is 1. The van der Waals surface area contributed by atoms with Crippen molar-refractivity contribution >= 4 is 72.4 Å². The summed E-state index contributed by atoms with van der Waals surface area (Å²) in [5.74, 6) is -1.25. The van der Waals surface area contributed by atoms with Crippen molar-refractivity contribution in [2.24, 2.45) is 0 Å². The zero-order valence-electron chi connectivity index (χ0n) is 17.2. The molecule has 3 N–H and O–H groups in total. The number of hydrogen-bond acceptors (Lipinski definition) is 4. The molecule has 1 heterocycles. The highest BCUT2D eigenvalue weighted by Gasteiger charge is 2.18. The second-order valence-corrected chi connectivity index (χ2v) is 9.54. The molecule has 33 heavy (non-hydrogen) atoms. The number of hydrogen-bond donors (Lipinski definition) is 3. The molecule has 0 spiro atoms. The van der Waals surface area contributed by atoms with Gasteiger partial charge in [-0.1, -0.05) is 51.3 Å². The van der Waals surface area contributed by atoms with Gasteiger partial charge in [0.25, 0.3) is 17.7 Å². The molecule has 0 aliphatic rings. The number of thiophene rings is 1. The van der Waals surface area contributed by atoms with E-state index in [4.69, 9.17) is 11.6 Å². The number of halogens is 2. The molecule has 0 aliphatic heterocycles. The monoisotopic (exact) mass is 541 g/mol. The number of hydrazine groups is 1. The largest absolute Gasteiger partial charge is 0.322 e. The number of fused-ring (bicyclic) bond motifs is 1. The van der Waals surface area contributed by atoms with Gasteiger partial charge in [-0.05, 0) is 55.5 Å². The lowest BCUT2D eigenvalue weighted by Gasteiger charge is -2.08. The summed E-state index contributed by atoms with van der Waals surface area (Å²) in [5, 5.41) is 3.89. The van der Waals surface area contributed by atoms with Crippen molar-refractivity contribution in [3.63, 3.8) is 0 Å². The minimum atomic E-state index is -0.507. The minimum Gasteiger partial charge on any atom is -0.322 e. The zero-order chi connectivity index (χ0) is 23.5. The van der Waals surface area contributed by atoms with E-state index in [9.17, 15) is 14.4 Å².